The Balaban J connectivity index is 2.06. The maximum atomic E-state index is 11.5. The van der Waals surface area contributed by atoms with Crippen molar-refractivity contribution in [1.29, 1.82) is 0 Å². The fourth-order valence-corrected chi connectivity index (χ4v) is 1.47. The molecule has 1 rings (SSSR count). The quantitative estimate of drug-likeness (QED) is 0.581. The molecule has 0 spiro atoms. The summed E-state index contributed by atoms with van der Waals surface area (Å²) in [6, 6.07) is 0.449. The Morgan fingerprint density at radius 2 is 2.00 bits per heavy atom. The largest absolute Gasteiger partial charge is 0.233 e. The molecule has 0 aliphatic heterocycles. The standard InChI is InChI=1S/C5H10FNS/c6-8-7-5-3-1-2-4-5/h5,7H,1-4H2. The number of hydrogen-bond acceptors (Lipinski definition) is 2. The lowest BCUT2D eigenvalue weighted by atomic mass is 10.3. The van der Waals surface area contributed by atoms with Gasteiger partial charge in [-0.3, -0.25) is 0 Å². The van der Waals surface area contributed by atoms with E-state index in [-0.39, 0.29) is 12.3 Å². The molecule has 0 aromatic heterocycles. The highest BCUT2D eigenvalue weighted by Crippen LogP contribution is 2.19. The van der Waals surface area contributed by atoms with E-state index in [1.807, 2.05) is 0 Å². The average Bonchev–Trinajstić information content (AvgIpc) is 2.19. The molecule has 1 nitrogen and oxygen atoms in total. The molecule has 1 aliphatic carbocycles. The zero-order valence-corrected chi connectivity index (χ0v) is 5.51. The monoisotopic (exact) mass is 135 g/mol. The number of hydrogen-bond donors (Lipinski definition) is 1. The van der Waals surface area contributed by atoms with Crippen LogP contribution in [0.3, 0.4) is 0 Å². The predicted molar refractivity (Wildman–Crippen MR) is 34.1 cm³/mol. The normalized spacial score (nSPS) is 22.1. The van der Waals surface area contributed by atoms with Crippen LogP contribution in [0.4, 0.5) is 3.89 Å². The van der Waals surface area contributed by atoms with E-state index in [2.05, 4.69) is 4.72 Å². The lowest BCUT2D eigenvalue weighted by Crippen LogP contribution is -2.16. The summed E-state index contributed by atoms with van der Waals surface area (Å²) in [4.78, 5) is 0. The molecule has 0 atom stereocenters. The van der Waals surface area contributed by atoms with Gasteiger partial charge in [-0.2, -0.15) is 0 Å². The van der Waals surface area contributed by atoms with Crippen molar-refractivity contribution in [3.63, 3.8) is 0 Å². The van der Waals surface area contributed by atoms with Crippen LogP contribution in [0.2, 0.25) is 0 Å². The summed E-state index contributed by atoms with van der Waals surface area (Å²) in [5.74, 6) is 0. The summed E-state index contributed by atoms with van der Waals surface area (Å²) in [5, 5.41) is 0. The van der Waals surface area contributed by atoms with Crippen LogP contribution < -0.4 is 4.72 Å². The topological polar surface area (TPSA) is 12.0 Å². The molecule has 0 saturated heterocycles. The van der Waals surface area contributed by atoms with E-state index in [9.17, 15) is 3.89 Å². The van der Waals surface area contributed by atoms with Gasteiger partial charge in [0.1, 0.15) is 12.3 Å². The number of halogens is 1. The Hall–Kier alpha value is 0.240. The van der Waals surface area contributed by atoms with Crippen LogP contribution in [0, 0.1) is 0 Å². The van der Waals surface area contributed by atoms with E-state index in [4.69, 9.17) is 0 Å². The van der Waals surface area contributed by atoms with Crippen LogP contribution in [0.25, 0.3) is 0 Å². The second kappa shape index (κ2) is 3.30. The Morgan fingerprint density at radius 3 is 2.50 bits per heavy atom. The summed E-state index contributed by atoms with van der Waals surface area (Å²) < 4.78 is 14.1. The summed E-state index contributed by atoms with van der Waals surface area (Å²) in [5.41, 5.74) is 0. The third-order valence-electron chi connectivity index (χ3n) is 1.57. The first-order valence-electron chi connectivity index (χ1n) is 2.96. The molecule has 0 radical (unpaired) electrons. The van der Waals surface area contributed by atoms with Crippen molar-refractivity contribution in [3.05, 3.63) is 0 Å². The molecule has 48 valence electrons. The predicted octanol–water partition coefficient (Wildman–Crippen LogP) is 2.05. The molecule has 0 aromatic rings. The minimum Gasteiger partial charge on any atom is -0.233 e. The second-order valence-corrected chi connectivity index (χ2v) is 2.57. The minimum atomic E-state index is 0.249. The molecule has 8 heavy (non-hydrogen) atoms. The molecule has 1 N–H and O–H groups in total. The molecule has 0 heterocycles. The van der Waals surface area contributed by atoms with Crippen LogP contribution in [0.1, 0.15) is 25.7 Å². The zero-order valence-electron chi connectivity index (χ0n) is 4.69. The van der Waals surface area contributed by atoms with Crippen molar-refractivity contribution in [3.8, 4) is 0 Å². The summed E-state index contributed by atoms with van der Waals surface area (Å²) in [7, 11) is 0. The van der Waals surface area contributed by atoms with Crippen molar-refractivity contribution < 1.29 is 3.89 Å². The summed E-state index contributed by atoms with van der Waals surface area (Å²) in [6.45, 7) is 0. The SMILES string of the molecule is FSNC1CCCC1. The van der Waals surface area contributed by atoms with Gasteiger partial charge in [0, 0.05) is 6.04 Å². The first-order valence-corrected chi connectivity index (χ1v) is 3.68. The molecule has 1 fully saturated rings. The highest BCUT2D eigenvalue weighted by Gasteiger charge is 2.13. The molecule has 0 aromatic carbocycles. The van der Waals surface area contributed by atoms with Crippen LogP contribution in [-0.2, 0) is 0 Å². The van der Waals surface area contributed by atoms with Crippen LogP contribution >= 0.6 is 12.3 Å². The maximum Gasteiger partial charge on any atom is 0.131 e. The summed E-state index contributed by atoms with van der Waals surface area (Å²) in [6.07, 6.45) is 4.82. The molecule has 0 unspecified atom stereocenters. The molecular weight excluding hydrogens is 125 g/mol. The fourth-order valence-electron chi connectivity index (χ4n) is 1.11. The van der Waals surface area contributed by atoms with E-state index in [1.165, 1.54) is 12.8 Å². The van der Waals surface area contributed by atoms with Gasteiger partial charge in [0.2, 0.25) is 0 Å². The van der Waals surface area contributed by atoms with Crippen molar-refractivity contribution in [1.82, 2.24) is 4.72 Å². The zero-order chi connectivity index (χ0) is 5.82. The van der Waals surface area contributed by atoms with Gasteiger partial charge in [0.25, 0.3) is 0 Å². The van der Waals surface area contributed by atoms with E-state index in [1.54, 1.807) is 0 Å². The van der Waals surface area contributed by atoms with Crippen LogP contribution in [-0.4, -0.2) is 6.04 Å². The fraction of sp³-hybridized carbons (Fsp3) is 1.00. The first kappa shape index (κ1) is 6.36. The van der Waals surface area contributed by atoms with Crippen molar-refractivity contribution in [2.75, 3.05) is 0 Å². The Kier molecular flexibility index (Phi) is 2.63. The summed E-state index contributed by atoms with van der Waals surface area (Å²) >= 11 is 0.249. The third kappa shape index (κ3) is 1.63. The van der Waals surface area contributed by atoms with Gasteiger partial charge in [-0.15, -0.1) is 3.89 Å². The smallest absolute Gasteiger partial charge is 0.131 e. The van der Waals surface area contributed by atoms with E-state index < -0.39 is 0 Å². The van der Waals surface area contributed by atoms with Crippen LogP contribution in [0.15, 0.2) is 0 Å². The van der Waals surface area contributed by atoms with Gasteiger partial charge >= 0.3 is 0 Å². The van der Waals surface area contributed by atoms with Crippen molar-refractivity contribution in [2.24, 2.45) is 0 Å². The Bertz CT molecular complexity index is 63.4. The van der Waals surface area contributed by atoms with E-state index >= 15 is 0 Å². The van der Waals surface area contributed by atoms with Gasteiger partial charge in [0.15, 0.2) is 0 Å². The molecule has 0 amide bonds. The molecule has 1 saturated carbocycles. The van der Waals surface area contributed by atoms with E-state index in [0.717, 1.165) is 12.8 Å². The molecule has 1 aliphatic rings. The van der Waals surface area contributed by atoms with E-state index in [0.29, 0.717) is 6.04 Å². The highest BCUT2D eigenvalue weighted by molar-refractivity contribution is 7.92. The average molecular weight is 135 g/mol. The molecule has 0 bridgehead atoms. The van der Waals surface area contributed by atoms with Crippen LogP contribution in [0.5, 0.6) is 0 Å². The van der Waals surface area contributed by atoms with Crippen molar-refractivity contribution in [2.45, 2.75) is 31.7 Å². The second-order valence-electron chi connectivity index (χ2n) is 2.18. The Labute approximate surface area is 53.5 Å². The number of nitrogens with one attached hydrogen (secondary N) is 1. The lowest BCUT2D eigenvalue weighted by molar-refractivity contribution is 0.647. The molecular formula is C5H10FNS. The number of rotatable bonds is 2. The Morgan fingerprint density at radius 1 is 1.38 bits per heavy atom. The first-order chi connectivity index (χ1) is 3.93. The van der Waals surface area contributed by atoms with Gasteiger partial charge in [0.05, 0.1) is 0 Å². The third-order valence-corrected chi connectivity index (χ3v) is 1.99. The highest BCUT2D eigenvalue weighted by atomic mass is 32.2. The maximum absolute atomic E-state index is 11.5. The van der Waals surface area contributed by atoms with Gasteiger partial charge in [-0.05, 0) is 12.8 Å². The van der Waals surface area contributed by atoms with Gasteiger partial charge in [-0.25, -0.2) is 4.72 Å². The van der Waals surface area contributed by atoms with Gasteiger partial charge < -0.3 is 0 Å². The van der Waals surface area contributed by atoms with Gasteiger partial charge in [-0.1, -0.05) is 12.8 Å². The van der Waals surface area contributed by atoms with Crippen molar-refractivity contribution >= 4 is 12.3 Å². The molecule has 3 heteroatoms. The minimum absolute atomic E-state index is 0.249. The lowest BCUT2D eigenvalue weighted by Gasteiger charge is -2.03.